The molecule has 2 aromatic heterocycles. The lowest BCUT2D eigenvalue weighted by atomic mass is 10.3. The van der Waals surface area contributed by atoms with Crippen molar-refractivity contribution in [2.24, 2.45) is 7.05 Å². The quantitative estimate of drug-likeness (QED) is 0.829. The molecule has 0 radical (unpaired) electrons. The topological polar surface area (TPSA) is 67.2 Å². The second-order valence-electron chi connectivity index (χ2n) is 3.66. The highest BCUT2D eigenvalue weighted by atomic mass is 16.3. The molecule has 0 saturated heterocycles. The second-order valence-corrected chi connectivity index (χ2v) is 3.66. The summed E-state index contributed by atoms with van der Waals surface area (Å²) in [6.45, 7) is 0.401. The molecule has 0 aromatic carbocycles. The number of carbonyl (C=O) groups is 1. The van der Waals surface area contributed by atoms with Gasteiger partial charge in [0, 0.05) is 25.1 Å². The van der Waals surface area contributed by atoms with Gasteiger partial charge in [0.1, 0.15) is 5.75 Å². The van der Waals surface area contributed by atoms with Crippen LogP contribution in [-0.2, 0) is 13.6 Å². The predicted octanol–water partition coefficient (Wildman–Crippen LogP) is 1.06. The first kappa shape index (κ1) is 11.2. The number of aromatic nitrogens is 2. The molecule has 5 heteroatoms. The molecule has 0 bridgehead atoms. The number of aromatic hydroxyl groups is 1. The highest BCUT2D eigenvalue weighted by molar-refractivity contribution is 5.94. The monoisotopic (exact) mass is 231 g/mol. The number of carbonyl (C=O) groups excluding carboxylic acids is 1. The van der Waals surface area contributed by atoms with Gasteiger partial charge in [-0.1, -0.05) is 0 Å². The van der Waals surface area contributed by atoms with Crippen LogP contribution < -0.4 is 5.32 Å². The molecule has 1 amide bonds. The molecule has 0 aliphatic carbocycles. The highest BCUT2D eigenvalue weighted by Crippen LogP contribution is 2.12. The third kappa shape index (κ3) is 2.44. The van der Waals surface area contributed by atoms with Gasteiger partial charge in [0.15, 0.2) is 5.69 Å². The minimum Gasteiger partial charge on any atom is -0.505 e. The van der Waals surface area contributed by atoms with E-state index in [0.29, 0.717) is 6.54 Å². The van der Waals surface area contributed by atoms with E-state index in [1.165, 1.54) is 12.3 Å². The zero-order valence-corrected chi connectivity index (χ0v) is 9.42. The first-order chi connectivity index (χ1) is 8.18. The van der Waals surface area contributed by atoms with Gasteiger partial charge >= 0.3 is 0 Å². The standard InChI is InChI=1S/C12H13N3O2/c1-15-7-3-4-9(15)8-14-12(17)11-10(16)5-2-6-13-11/h2-7,16H,8H2,1H3,(H,14,17). The van der Waals surface area contributed by atoms with Crippen molar-refractivity contribution in [3.05, 3.63) is 48.0 Å². The summed E-state index contributed by atoms with van der Waals surface area (Å²) < 4.78 is 1.92. The fourth-order valence-electron chi connectivity index (χ4n) is 1.51. The van der Waals surface area contributed by atoms with E-state index in [9.17, 15) is 9.90 Å². The molecule has 2 aromatic rings. The van der Waals surface area contributed by atoms with Gasteiger partial charge in [-0.25, -0.2) is 4.98 Å². The van der Waals surface area contributed by atoms with Crippen molar-refractivity contribution in [2.75, 3.05) is 0 Å². The van der Waals surface area contributed by atoms with E-state index < -0.39 is 0 Å². The number of hydrogen-bond donors (Lipinski definition) is 2. The van der Waals surface area contributed by atoms with Crippen LogP contribution >= 0.6 is 0 Å². The molecule has 17 heavy (non-hydrogen) atoms. The van der Waals surface area contributed by atoms with Crippen LogP contribution in [0.25, 0.3) is 0 Å². The summed E-state index contributed by atoms with van der Waals surface area (Å²) in [6, 6.07) is 6.83. The number of aryl methyl sites for hydroxylation is 1. The van der Waals surface area contributed by atoms with E-state index in [1.807, 2.05) is 29.9 Å². The molecule has 0 aliphatic rings. The number of hydrogen-bond acceptors (Lipinski definition) is 3. The normalized spacial score (nSPS) is 10.2. The van der Waals surface area contributed by atoms with Gasteiger partial charge in [0.25, 0.3) is 5.91 Å². The Bertz CT molecular complexity index is 534. The summed E-state index contributed by atoms with van der Waals surface area (Å²) in [5, 5.41) is 12.2. The molecule has 2 heterocycles. The Hall–Kier alpha value is -2.30. The molecule has 5 nitrogen and oxygen atoms in total. The summed E-state index contributed by atoms with van der Waals surface area (Å²) in [5.74, 6) is -0.499. The van der Waals surface area contributed by atoms with Crippen LogP contribution in [0.2, 0.25) is 0 Å². The van der Waals surface area contributed by atoms with Gasteiger partial charge in [0.05, 0.1) is 6.54 Å². The Labute approximate surface area is 98.7 Å². The third-order valence-electron chi connectivity index (χ3n) is 2.48. The summed E-state index contributed by atoms with van der Waals surface area (Å²) in [6.07, 6.45) is 3.37. The number of pyridine rings is 1. The first-order valence-electron chi connectivity index (χ1n) is 5.21. The maximum atomic E-state index is 11.7. The predicted molar refractivity (Wildman–Crippen MR) is 62.5 cm³/mol. The molecular weight excluding hydrogens is 218 g/mol. The van der Waals surface area contributed by atoms with E-state index in [1.54, 1.807) is 6.07 Å². The molecule has 2 N–H and O–H groups in total. The smallest absolute Gasteiger partial charge is 0.274 e. The Morgan fingerprint density at radius 1 is 1.47 bits per heavy atom. The zero-order chi connectivity index (χ0) is 12.3. The Morgan fingerprint density at radius 3 is 2.94 bits per heavy atom. The molecule has 0 fully saturated rings. The van der Waals surface area contributed by atoms with Gasteiger partial charge < -0.3 is 15.0 Å². The van der Waals surface area contributed by atoms with E-state index in [2.05, 4.69) is 10.3 Å². The van der Waals surface area contributed by atoms with Crippen molar-refractivity contribution < 1.29 is 9.90 Å². The molecule has 2 rings (SSSR count). The van der Waals surface area contributed by atoms with Crippen LogP contribution in [-0.4, -0.2) is 20.6 Å². The molecule has 0 atom stereocenters. The van der Waals surface area contributed by atoms with Gasteiger partial charge in [-0.15, -0.1) is 0 Å². The van der Waals surface area contributed by atoms with Crippen molar-refractivity contribution in [3.8, 4) is 5.75 Å². The van der Waals surface area contributed by atoms with Gasteiger partial charge in [-0.3, -0.25) is 4.79 Å². The second kappa shape index (κ2) is 4.69. The van der Waals surface area contributed by atoms with Gasteiger partial charge in [-0.2, -0.15) is 0 Å². The average Bonchev–Trinajstić information content (AvgIpc) is 2.72. The number of nitrogens with one attached hydrogen (secondary N) is 1. The molecule has 0 saturated carbocycles. The Kier molecular flexibility index (Phi) is 3.09. The van der Waals surface area contributed by atoms with E-state index >= 15 is 0 Å². The number of rotatable bonds is 3. The molecular formula is C12H13N3O2. The van der Waals surface area contributed by atoms with E-state index in [0.717, 1.165) is 5.69 Å². The number of nitrogens with zero attached hydrogens (tertiary/aromatic N) is 2. The largest absolute Gasteiger partial charge is 0.505 e. The Morgan fingerprint density at radius 2 is 2.29 bits per heavy atom. The lowest BCUT2D eigenvalue weighted by Gasteiger charge is -2.06. The average molecular weight is 231 g/mol. The van der Waals surface area contributed by atoms with Crippen LogP contribution in [0.1, 0.15) is 16.2 Å². The molecule has 88 valence electrons. The maximum absolute atomic E-state index is 11.7. The lowest BCUT2D eigenvalue weighted by molar-refractivity contribution is 0.0942. The van der Waals surface area contributed by atoms with Crippen LogP contribution in [0, 0.1) is 0 Å². The van der Waals surface area contributed by atoms with Crippen molar-refractivity contribution in [1.82, 2.24) is 14.9 Å². The van der Waals surface area contributed by atoms with Crippen LogP contribution in [0.4, 0.5) is 0 Å². The van der Waals surface area contributed by atoms with Crippen LogP contribution in [0.15, 0.2) is 36.7 Å². The fraction of sp³-hybridized carbons (Fsp3) is 0.167. The molecule has 0 aliphatic heterocycles. The lowest BCUT2D eigenvalue weighted by Crippen LogP contribution is -2.24. The van der Waals surface area contributed by atoms with Crippen LogP contribution in [0.5, 0.6) is 5.75 Å². The van der Waals surface area contributed by atoms with Crippen molar-refractivity contribution in [2.45, 2.75) is 6.54 Å². The fourth-order valence-corrected chi connectivity index (χ4v) is 1.51. The summed E-state index contributed by atoms with van der Waals surface area (Å²) in [4.78, 5) is 15.6. The molecule has 0 unspecified atom stereocenters. The van der Waals surface area contributed by atoms with E-state index in [-0.39, 0.29) is 17.4 Å². The van der Waals surface area contributed by atoms with Crippen LogP contribution in [0.3, 0.4) is 0 Å². The third-order valence-corrected chi connectivity index (χ3v) is 2.48. The van der Waals surface area contributed by atoms with Gasteiger partial charge in [-0.05, 0) is 24.3 Å². The summed E-state index contributed by atoms with van der Waals surface area (Å²) >= 11 is 0. The first-order valence-corrected chi connectivity index (χ1v) is 5.21. The molecule has 0 spiro atoms. The van der Waals surface area contributed by atoms with Crippen molar-refractivity contribution in [3.63, 3.8) is 0 Å². The minimum absolute atomic E-state index is 0.0432. The number of amides is 1. The highest BCUT2D eigenvalue weighted by Gasteiger charge is 2.11. The van der Waals surface area contributed by atoms with Crippen molar-refractivity contribution in [1.29, 1.82) is 0 Å². The zero-order valence-electron chi connectivity index (χ0n) is 9.42. The summed E-state index contributed by atoms with van der Waals surface area (Å²) in [7, 11) is 1.90. The maximum Gasteiger partial charge on any atom is 0.274 e. The minimum atomic E-state index is -0.385. The van der Waals surface area contributed by atoms with Gasteiger partial charge in [0.2, 0.25) is 0 Å². The van der Waals surface area contributed by atoms with Crippen molar-refractivity contribution >= 4 is 5.91 Å². The van der Waals surface area contributed by atoms with E-state index in [4.69, 9.17) is 0 Å². The SMILES string of the molecule is Cn1cccc1CNC(=O)c1ncccc1O. The Balaban J connectivity index is 2.04. The summed E-state index contributed by atoms with van der Waals surface area (Å²) in [5.41, 5.74) is 1.02.